The lowest BCUT2D eigenvalue weighted by Crippen LogP contribution is -2.03. The maximum atomic E-state index is 6.00. The molecule has 0 unspecified atom stereocenters. The molecule has 6 rings (SSSR count). The number of hydrogen-bond donors (Lipinski definition) is 0. The number of methoxy groups -OCH3 is 1. The van der Waals surface area contributed by atoms with E-state index in [1.807, 2.05) is 18.2 Å². The molecule has 0 saturated heterocycles. The Morgan fingerprint density at radius 2 is 1.27 bits per heavy atom. The van der Waals surface area contributed by atoms with Crippen LogP contribution in [0.3, 0.4) is 0 Å². The van der Waals surface area contributed by atoms with Crippen LogP contribution in [0.15, 0.2) is 91.0 Å². The van der Waals surface area contributed by atoms with Crippen molar-refractivity contribution in [2.45, 2.75) is 0 Å². The Labute approximate surface area is 192 Å². The van der Waals surface area contributed by atoms with Gasteiger partial charge in [-0.05, 0) is 63.0 Å². The molecular formula is C30H22O3. The second-order valence-electron chi connectivity index (χ2n) is 8.09. The SMILES string of the molecule is COc1ccc(/C=C\c2ccc3c4c(ccc3c2)OCOc2ccc3ccccc3c2-4)cc1. The minimum Gasteiger partial charge on any atom is -0.497 e. The summed E-state index contributed by atoms with van der Waals surface area (Å²) in [6.45, 7) is 0.201. The summed E-state index contributed by atoms with van der Waals surface area (Å²) in [4.78, 5) is 0. The highest BCUT2D eigenvalue weighted by Crippen LogP contribution is 2.46. The van der Waals surface area contributed by atoms with Crippen molar-refractivity contribution in [2.24, 2.45) is 0 Å². The lowest BCUT2D eigenvalue weighted by atomic mass is 9.91. The van der Waals surface area contributed by atoms with E-state index in [4.69, 9.17) is 14.2 Å². The minimum absolute atomic E-state index is 0.201. The van der Waals surface area contributed by atoms with Gasteiger partial charge in [-0.1, -0.05) is 72.8 Å². The molecule has 5 aromatic rings. The van der Waals surface area contributed by atoms with E-state index < -0.39 is 0 Å². The summed E-state index contributed by atoms with van der Waals surface area (Å²) in [5, 5.41) is 4.66. The van der Waals surface area contributed by atoms with Crippen molar-refractivity contribution in [3.63, 3.8) is 0 Å². The molecule has 0 atom stereocenters. The molecule has 5 aromatic carbocycles. The van der Waals surface area contributed by atoms with Crippen LogP contribution < -0.4 is 14.2 Å². The monoisotopic (exact) mass is 430 g/mol. The molecule has 0 bridgehead atoms. The van der Waals surface area contributed by atoms with Crippen molar-refractivity contribution in [2.75, 3.05) is 13.9 Å². The number of benzene rings is 5. The Morgan fingerprint density at radius 3 is 2.03 bits per heavy atom. The molecule has 3 nitrogen and oxygen atoms in total. The summed E-state index contributed by atoms with van der Waals surface area (Å²) in [6, 6.07) is 31.3. The van der Waals surface area contributed by atoms with Crippen molar-refractivity contribution in [3.8, 4) is 28.4 Å². The molecule has 0 spiro atoms. The molecule has 0 amide bonds. The number of hydrogen-bond acceptors (Lipinski definition) is 3. The van der Waals surface area contributed by atoms with E-state index in [0.717, 1.165) is 55.7 Å². The average Bonchev–Trinajstić information content (AvgIpc) is 3.07. The van der Waals surface area contributed by atoms with Crippen LogP contribution in [0.2, 0.25) is 0 Å². The molecule has 0 radical (unpaired) electrons. The van der Waals surface area contributed by atoms with E-state index >= 15 is 0 Å². The van der Waals surface area contributed by atoms with Gasteiger partial charge in [-0.15, -0.1) is 0 Å². The second-order valence-corrected chi connectivity index (χ2v) is 8.09. The Kier molecular flexibility index (Phi) is 4.73. The van der Waals surface area contributed by atoms with Crippen LogP contribution in [0.4, 0.5) is 0 Å². The maximum absolute atomic E-state index is 6.00. The van der Waals surface area contributed by atoms with Crippen LogP contribution in [-0.4, -0.2) is 13.9 Å². The molecule has 3 heteroatoms. The highest BCUT2D eigenvalue weighted by molar-refractivity contribution is 6.10. The van der Waals surface area contributed by atoms with Crippen molar-refractivity contribution in [1.29, 1.82) is 0 Å². The van der Waals surface area contributed by atoms with Gasteiger partial charge in [0.05, 0.1) is 7.11 Å². The van der Waals surface area contributed by atoms with Gasteiger partial charge >= 0.3 is 0 Å². The van der Waals surface area contributed by atoms with Crippen LogP contribution >= 0.6 is 0 Å². The molecule has 0 saturated carbocycles. The van der Waals surface area contributed by atoms with Gasteiger partial charge in [0.15, 0.2) is 0 Å². The van der Waals surface area contributed by atoms with Gasteiger partial charge in [0.2, 0.25) is 6.79 Å². The predicted molar refractivity (Wildman–Crippen MR) is 135 cm³/mol. The van der Waals surface area contributed by atoms with E-state index in [-0.39, 0.29) is 6.79 Å². The van der Waals surface area contributed by atoms with Gasteiger partial charge in [-0.25, -0.2) is 0 Å². The molecule has 160 valence electrons. The molecule has 0 aliphatic carbocycles. The van der Waals surface area contributed by atoms with E-state index in [1.54, 1.807) is 7.11 Å². The second kappa shape index (κ2) is 8.03. The van der Waals surface area contributed by atoms with E-state index in [9.17, 15) is 0 Å². The molecule has 1 heterocycles. The van der Waals surface area contributed by atoms with Crippen LogP contribution in [0.1, 0.15) is 11.1 Å². The molecule has 33 heavy (non-hydrogen) atoms. The fraction of sp³-hybridized carbons (Fsp3) is 0.0667. The molecule has 1 aliphatic heterocycles. The Morgan fingerprint density at radius 1 is 0.636 bits per heavy atom. The quantitative estimate of drug-likeness (QED) is 0.276. The Hall–Kier alpha value is -4.24. The predicted octanol–water partition coefficient (Wildman–Crippen LogP) is 7.57. The van der Waals surface area contributed by atoms with Gasteiger partial charge in [0, 0.05) is 11.1 Å². The van der Waals surface area contributed by atoms with Crippen molar-refractivity contribution in [3.05, 3.63) is 102 Å². The molecule has 0 fully saturated rings. The highest BCUT2D eigenvalue weighted by Gasteiger charge is 2.21. The summed E-state index contributed by atoms with van der Waals surface area (Å²) in [5.74, 6) is 2.56. The van der Waals surface area contributed by atoms with Crippen LogP contribution in [0, 0.1) is 0 Å². The third-order valence-corrected chi connectivity index (χ3v) is 6.16. The number of ether oxygens (including phenoxy) is 3. The van der Waals surface area contributed by atoms with Gasteiger partial charge in [-0.2, -0.15) is 0 Å². The lowest BCUT2D eigenvalue weighted by Gasteiger charge is -2.14. The third kappa shape index (κ3) is 3.48. The van der Waals surface area contributed by atoms with Gasteiger partial charge in [0.25, 0.3) is 0 Å². The fourth-order valence-electron chi connectivity index (χ4n) is 4.50. The minimum atomic E-state index is 0.201. The Bertz CT molecular complexity index is 1510. The zero-order chi connectivity index (χ0) is 22.2. The molecular weight excluding hydrogens is 408 g/mol. The lowest BCUT2D eigenvalue weighted by molar-refractivity contribution is 0.125. The van der Waals surface area contributed by atoms with Crippen LogP contribution in [-0.2, 0) is 0 Å². The standard InChI is InChI=1S/C30H22O3/c1-31-24-13-8-20(9-14-24)6-7-21-10-15-26-23(18-21)12-17-28-30(26)29-25-5-3-2-4-22(25)11-16-27(29)32-19-33-28/h2-18H,19H2,1H3/b7-6-. The molecule has 0 N–H and O–H groups in total. The van der Waals surface area contributed by atoms with Crippen molar-refractivity contribution >= 4 is 33.7 Å². The number of fused-ring (bicyclic) bond motifs is 7. The van der Waals surface area contributed by atoms with Gasteiger partial charge in [0.1, 0.15) is 17.2 Å². The van der Waals surface area contributed by atoms with Crippen molar-refractivity contribution < 1.29 is 14.2 Å². The largest absolute Gasteiger partial charge is 0.497 e. The first-order valence-corrected chi connectivity index (χ1v) is 11.0. The molecule has 1 aliphatic rings. The summed E-state index contributed by atoms with van der Waals surface area (Å²) in [7, 11) is 1.68. The van der Waals surface area contributed by atoms with Crippen LogP contribution in [0.25, 0.3) is 44.8 Å². The zero-order valence-corrected chi connectivity index (χ0v) is 18.2. The first-order valence-electron chi connectivity index (χ1n) is 11.0. The summed E-state index contributed by atoms with van der Waals surface area (Å²) >= 11 is 0. The van der Waals surface area contributed by atoms with E-state index in [0.29, 0.717) is 0 Å². The Balaban J connectivity index is 1.48. The topological polar surface area (TPSA) is 27.7 Å². The number of rotatable bonds is 3. The van der Waals surface area contributed by atoms with Crippen LogP contribution in [0.5, 0.6) is 17.2 Å². The first-order chi connectivity index (χ1) is 16.3. The van der Waals surface area contributed by atoms with E-state index in [1.165, 1.54) is 5.39 Å². The first kappa shape index (κ1) is 19.4. The average molecular weight is 431 g/mol. The molecule has 0 aromatic heterocycles. The van der Waals surface area contributed by atoms with E-state index in [2.05, 4.69) is 84.9 Å². The summed E-state index contributed by atoms with van der Waals surface area (Å²) in [5.41, 5.74) is 4.45. The third-order valence-electron chi connectivity index (χ3n) is 6.16. The fourth-order valence-corrected chi connectivity index (χ4v) is 4.50. The zero-order valence-electron chi connectivity index (χ0n) is 18.2. The van der Waals surface area contributed by atoms with Gasteiger partial charge < -0.3 is 14.2 Å². The highest BCUT2D eigenvalue weighted by atomic mass is 16.7. The van der Waals surface area contributed by atoms with Gasteiger partial charge in [-0.3, -0.25) is 0 Å². The smallest absolute Gasteiger partial charge is 0.230 e. The van der Waals surface area contributed by atoms with Crippen molar-refractivity contribution in [1.82, 2.24) is 0 Å². The normalized spacial score (nSPS) is 12.6. The maximum Gasteiger partial charge on any atom is 0.230 e. The summed E-state index contributed by atoms with van der Waals surface area (Å²) < 4.78 is 17.2. The summed E-state index contributed by atoms with van der Waals surface area (Å²) in [6.07, 6.45) is 4.25.